The highest BCUT2D eigenvalue weighted by atomic mass is 35.5. The van der Waals surface area contributed by atoms with Crippen molar-refractivity contribution in [3.8, 4) is 11.1 Å². The van der Waals surface area contributed by atoms with Crippen LogP contribution in [0.25, 0.3) is 17.2 Å². The third-order valence-corrected chi connectivity index (χ3v) is 6.85. The molecule has 1 heterocycles. The average molecular weight is 493 g/mol. The van der Waals surface area contributed by atoms with Gasteiger partial charge in [0.05, 0.1) is 4.91 Å². The molecule has 0 unspecified atom stereocenters. The summed E-state index contributed by atoms with van der Waals surface area (Å²) in [6.07, 6.45) is 2.56. The molecule has 1 aliphatic rings. The molecule has 3 aromatic rings. The number of thiocarbonyl (C=S) groups is 1. The van der Waals surface area contributed by atoms with E-state index in [1.165, 1.54) is 11.8 Å². The normalized spacial score (nSPS) is 14.7. The molecule has 0 aromatic heterocycles. The zero-order valence-electron chi connectivity index (χ0n) is 17.7. The lowest BCUT2D eigenvalue weighted by Gasteiger charge is -2.14. The van der Waals surface area contributed by atoms with Crippen LogP contribution >= 0.6 is 35.6 Å². The Morgan fingerprint density at radius 1 is 0.970 bits per heavy atom. The van der Waals surface area contributed by atoms with E-state index < -0.39 is 0 Å². The van der Waals surface area contributed by atoms with Crippen molar-refractivity contribution in [1.29, 1.82) is 0 Å². The lowest BCUT2D eigenvalue weighted by Crippen LogP contribution is -2.29. The van der Waals surface area contributed by atoms with Gasteiger partial charge in [-0.15, -0.1) is 0 Å². The van der Waals surface area contributed by atoms with Gasteiger partial charge in [-0.3, -0.25) is 14.5 Å². The van der Waals surface area contributed by atoms with Crippen molar-refractivity contribution < 1.29 is 9.59 Å². The van der Waals surface area contributed by atoms with Crippen molar-refractivity contribution >= 4 is 63.5 Å². The monoisotopic (exact) mass is 492 g/mol. The summed E-state index contributed by atoms with van der Waals surface area (Å²) in [6.45, 7) is 0.394. The van der Waals surface area contributed by atoms with Crippen LogP contribution in [0.2, 0.25) is 5.02 Å². The molecule has 2 amide bonds. The maximum atomic E-state index is 12.8. The number of nitrogens with one attached hydrogen (secondary N) is 1. The number of halogens is 1. The third-order valence-electron chi connectivity index (χ3n) is 5.13. The van der Waals surface area contributed by atoms with Crippen LogP contribution in [0, 0.1) is 0 Å². The molecule has 0 atom stereocenters. The second-order valence-corrected chi connectivity index (χ2v) is 9.53. The molecule has 7 heteroatoms. The Morgan fingerprint density at radius 3 is 2.36 bits per heavy atom. The number of nitrogens with zero attached hydrogens (tertiary/aromatic N) is 1. The van der Waals surface area contributed by atoms with Gasteiger partial charge in [0.1, 0.15) is 4.32 Å². The summed E-state index contributed by atoms with van der Waals surface area (Å²) >= 11 is 12.8. The van der Waals surface area contributed by atoms with Crippen LogP contribution in [0.3, 0.4) is 0 Å². The number of hydrogen-bond acceptors (Lipinski definition) is 4. The molecule has 3 aromatic carbocycles. The van der Waals surface area contributed by atoms with Crippen LogP contribution in [-0.4, -0.2) is 27.6 Å². The Bertz CT molecular complexity index is 1210. The third kappa shape index (κ3) is 5.90. The van der Waals surface area contributed by atoms with E-state index >= 15 is 0 Å². The van der Waals surface area contributed by atoms with E-state index in [9.17, 15) is 9.59 Å². The number of rotatable bonds is 7. The molecule has 1 saturated heterocycles. The van der Waals surface area contributed by atoms with E-state index in [1.807, 2.05) is 72.8 Å². The molecule has 4 rings (SSSR count). The quantitative estimate of drug-likeness (QED) is 0.297. The SMILES string of the molecule is O=C(CCCN1C(=O)/C(=C/c2ccccc2Cl)SC1=S)Nc1ccc(-c2ccccc2)cc1. The minimum atomic E-state index is -0.151. The van der Waals surface area contributed by atoms with Crippen molar-refractivity contribution in [3.05, 3.63) is 94.4 Å². The largest absolute Gasteiger partial charge is 0.326 e. The van der Waals surface area contributed by atoms with Gasteiger partial charge >= 0.3 is 0 Å². The van der Waals surface area contributed by atoms with Crippen LogP contribution in [0.5, 0.6) is 0 Å². The van der Waals surface area contributed by atoms with Gasteiger partial charge in [-0.05, 0) is 47.4 Å². The van der Waals surface area contributed by atoms with E-state index in [4.69, 9.17) is 23.8 Å². The number of amides is 2. The van der Waals surface area contributed by atoms with E-state index in [-0.39, 0.29) is 11.8 Å². The fourth-order valence-corrected chi connectivity index (χ4v) is 4.91. The Morgan fingerprint density at radius 2 is 1.64 bits per heavy atom. The number of anilines is 1. The van der Waals surface area contributed by atoms with Crippen molar-refractivity contribution in [2.24, 2.45) is 0 Å². The molecule has 1 aliphatic heterocycles. The summed E-state index contributed by atoms with van der Waals surface area (Å²) < 4.78 is 0.496. The first-order chi connectivity index (χ1) is 16.0. The Hall–Kier alpha value is -2.93. The first kappa shape index (κ1) is 23.2. The van der Waals surface area contributed by atoms with Gasteiger partial charge in [-0.1, -0.05) is 96.2 Å². The molecule has 4 nitrogen and oxygen atoms in total. The zero-order valence-corrected chi connectivity index (χ0v) is 20.1. The van der Waals surface area contributed by atoms with E-state index in [0.29, 0.717) is 33.6 Å². The van der Waals surface area contributed by atoms with Crippen molar-refractivity contribution in [2.75, 3.05) is 11.9 Å². The number of thioether (sulfide) groups is 1. The fraction of sp³-hybridized carbons (Fsp3) is 0.115. The van der Waals surface area contributed by atoms with Crippen LogP contribution in [0.1, 0.15) is 18.4 Å². The predicted molar refractivity (Wildman–Crippen MR) is 141 cm³/mol. The molecule has 0 saturated carbocycles. The zero-order chi connectivity index (χ0) is 23.2. The van der Waals surface area contributed by atoms with Crippen LogP contribution < -0.4 is 5.32 Å². The second kappa shape index (κ2) is 10.8. The van der Waals surface area contributed by atoms with Gasteiger partial charge in [-0.2, -0.15) is 0 Å². The first-order valence-corrected chi connectivity index (χ1v) is 12.1. The fourth-order valence-electron chi connectivity index (χ4n) is 3.42. The van der Waals surface area contributed by atoms with E-state index in [1.54, 1.807) is 17.0 Å². The van der Waals surface area contributed by atoms with E-state index in [2.05, 4.69) is 5.32 Å². The van der Waals surface area contributed by atoms with Crippen molar-refractivity contribution in [1.82, 2.24) is 4.90 Å². The minimum absolute atomic E-state index is 0.0977. The maximum Gasteiger partial charge on any atom is 0.266 e. The Balaban J connectivity index is 1.28. The molecule has 1 fully saturated rings. The molecule has 0 radical (unpaired) electrons. The van der Waals surface area contributed by atoms with E-state index in [0.717, 1.165) is 22.4 Å². The van der Waals surface area contributed by atoms with Crippen LogP contribution in [0.15, 0.2) is 83.8 Å². The van der Waals surface area contributed by atoms with Gasteiger partial charge in [0.25, 0.3) is 5.91 Å². The van der Waals surface area contributed by atoms with Gasteiger partial charge < -0.3 is 5.32 Å². The highest BCUT2D eigenvalue weighted by molar-refractivity contribution is 8.26. The summed E-state index contributed by atoms with van der Waals surface area (Å²) in [5.74, 6) is -0.249. The highest BCUT2D eigenvalue weighted by Gasteiger charge is 2.31. The molecular formula is C26H21ClN2O2S2. The Kier molecular flexibility index (Phi) is 7.60. The topological polar surface area (TPSA) is 49.4 Å². The first-order valence-electron chi connectivity index (χ1n) is 10.5. The smallest absolute Gasteiger partial charge is 0.266 e. The summed E-state index contributed by atoms with van der Waals surface area (Å²) in [5.41, 5.74) is 3.74. The number of carbonyl (C=O) groups excluding carboxylic acids is 2. The number of carbonyl (C=O) groups is 2. The van der Waals surface area contributed by atoms with Crippen LogP contribution in [0.4, 0.5) is 5.69 Å². The predicted octanol–water partition coefficient (Wildman–Crippen LogP) is 6.63. The average Bonchev–Trinajstić information content (AvgIpc) is 3.09. The molecule has 0 bridgehead atoms. The van der Waals surface area contributed by atoms with Gasteiger partial charge in [0.2, 0.25) is 5.91 Å². The summed E-state index contributed by atoms with van der Waals surface area (Å²) in [5, 5.41) is 3.49. The Labute approximate surface area is 207 Å². The summed E-state index contributed by atoms with van der Waals surface area (Å²) in [7, 11) is 0. The molecular weight excluding hydrogens is 472 g/mol. The number of benzene rings is 3. The molecule has 0 spiro atoms. The van der Waals surface area contributed by atoms with Crippen LogP contribution in [-0.2, 0) is 9.59 Å². The van der Waals surface area contributed by atoms with Crippen molar-refractivity contribution in [2.45, 2.75) is 12.8 Å². The lowest BCUT2D eigenvalue weighted by molar-refractivity contribution is -0.122. The second-order valence-electron chi connectivity index (χ2n) is 7.45. The molecule has 1 N–H and O–H groups in total. The summed E-state index contributed by atoms with van der Waals surface area (Å²) in [6, 6.07) is 25.2. The maximum absolute atomic E-state index is 12.8. The van der Waals surface area contributed by atoms with Gasteiger partial charge in [0.15, 0.2) is 0 Å². The van der Waals surface area contributed by atoms with Gasteiger partial charge in [-0.25, -0.2) is 0 Å². The number of hydrogen-bond donors (Lipinski definition) is 1. The minimum Gasteiger partial charge on any atom is -0.326 e. The lowest BCUT2D eigenvalue weighted by atomic mass is 10.1. The molecule has 33 heavy (non-hydrogen) atoms. The van der Waals surface area contributed by atoms with Gasteiger partial charge in [0, 0.05) is 23.7 Å². The molecule has 0 aliphatic carbocycles. The summed E-state index contributed by atoms with van der Waals surface area (Å²) in [4.78, 5) is 27.2. The molecule has 166 valence electrons. The highest BCUT2D eigenvalue weighted by Crippen LogP contribution is 2.33. The van der Waals surface area contributed by atoms with Crippen molar-refractivity contribution in [3.63, 3.8) is 0 Å². The standard InChI is InChI=1S/C26H21ClN2O2S2/c27-22-10-5-4-9-20(22)17-23-25(31)29(26(32)33-23)16-6-11-24(30)28-21-14-12-19(13-15-21)18-7-2-1-3-8-18/h1-5,7-10,12-15,17H,6,11,16H2,(H,28,30)/b23-17-.